The number of ether oxygens (including phenoxy) is 2. The molecule has 0 bridgehead atoms. The highest BCUT2D eigenvalue weighted by atomic mass is 19.4. The molecule has 2 saturated heterocycles. The standard InChI is InChI=1S/C48H48F5N9O9/c49-41(50)40-35(56-43(65)36-27-71-45(57-36)31-11-15-54-32(25-31)10-14-48(51,52)53)26-61(59-40)33-6-4-29(5-7-33)42(64)55-16-20-69-22-23-70-21-19-60-17-12-28(13-18-60)24-30-2-1-3-34-39(30)47(68)62(46(34)67)37-8-9-38(63)58-44(37)66/h1-7,11,15,25-28,37,41H,8-10,12-14,16-24H2,(H,55,64)(H,56,65)(H,58,63,66). The van der Waals surface area contributed by atoms with E-state index in [9.17, 15) is 50.7 Å². The van der Waals surface area contributed by atoms with Gasteiger partial charge >= 0.3 is 6.18 Å². The summed E-state index contributed by atoms with van der Waals surface area (Å²) in [6.45, 7) is 4.02. The van der Waals surface area contributed by atoms with Crippen LogP contribution >= 0.6 is 0 Å². The Balaban J connectivity index is 0.710. The minimum absolute atomic E-state index is 0.0608. The molecule has 71 heavy (non-hydrogen) atoms. The first kappa shape index (κ1) is 50.2. The van der Waals surface area contributed by atoms with Crippen molar-refractivity contribution in [2.75, 3.05) is 57.9 Å². The Bertz CT molecular complexity index is 2770. The number of likely N-dealkylation sites (tertiary alicyclic amines) is 1. The fraction of sp³-hybridized carbons (Fsp3) is 0.396. The van der Waals surface area contributed by atoms with E-state index in [2.05, 4.69) is 35.9 Å². The van der Waals surface area contributed by atoms with Crippen molar-refractivity contribution in [2.24, 2.45) is 5.92 Å². The van der Waals surface area contributed by atoms with Crippen LogP contribution in [0.3, 0.4) is 0 Å². The fourth-order valence-electron chi connectivity index (χ4n) is 8.59. The molecule has 0 saturated carbocycles. The summed E-state index contributed by atoms with van der Waals surface area (Å²) in [6.07, 6.45) is -2.88. The SMILES string of the molecule is O=C1CCC(N2C(=O)c3cccc(CC4CCN(CCOCCOCCNC(=O)c5ccc(-n6cc(NC(=O)c7coc(-c8ccnc(CCC(F)(F)F)c8)n7)c(C(F)F)n6)cc5)CC4)c3C2=O)C(=O)N1. The number of aromatic nitrogens is 4. The van der Waals surface area contributed by atoms with E-state index in [1.165, 1.54) is 48.8 Å². The Labute approximate surface area is 402 Å². The number of piperidine rings is 2. The number of hydrogen-bond donors (Lipinski definition) is 3. The van der Waals surface area contributed by atoms with Crippen LogP contribution in [0.2, 0.25) is 0 Å². The number of amides is 6. The number of halogens is 5. The lowest BCUT2D eigenvalue weighted by Crippen LogP contribution is -2.54. The van der Waals surface area contributed by atoms with Crippen LogP contribution in [0, 0.1) is 5.92 Å². The maximum Gasteiger partial charge on any atom is 0.389 e. The molecule has 2 aromatic carbocycles. The minimum Gasteiger partial charge on any atom is -0.444 e. The molecule has 0 aliphatic carbocycles. The number of pyridine rings is 1. The third-order valence-electron chi connectivity index (χ3n) is 12.3. The molecule has 3 aliphatic rings. The van der Waals surface area contributed by atoms with Crippen molar-refractivity contribution in [1.82, 2.24) is 40.2 Å². The maximum absolute atomic E-state index is 14.0. The van der Waals surface area contributed by atoms with Gasteiger partial charge in [0.25, 0.3) is 30.1 Å². The zero-order chi connectivity index (χ0) is 50.2. The number of rotatable bonds is 20. The Hall–Kier alpha value is -7.24. The van der Waals surface area contributed by atoms with Crippen LogP contribution in [0.4, 0.5) is 27.6 Å². The van der Waals surface area contributed by atoms with E-state index in [-0.39, 0.29) is 72.1 Å². The monoisotopic (exact) mass is 989 g/mol. The molecule has 18 nitrogen and oxygen atoms in total. The Morgan fingerprint density at radius 1 is 0.915 bits per heavy atom. The van der Waals surface area contributed by atoms with Gasteiger partial charge in [0.1, 0.15) is 12.3 Å². The van der Waals surface area contributed by atoms with Gasteiger partial charge in [-0.3, -0.25) is 44.0 Å². The number of aryl methyl sites for hydroxylation is 1. The molecule has 3 aromatic heterocycles. The molecule has 8 rings (SSSR count). The van der Waals surface area contributed by atoms with Crippen LogP contribution in [0.5, 0.6) is 0 Å². The molecule has 3 aliphatic heterocycles. The summed E-state index contributed by atoms with van der Waals surface area (Å²) in [5.41, 5.74) is 1.09. The zero-order valence-electron chi connectivity index (χ0n) is 38.0. The van der Waals surface area contributed by atoms with Gasteiger partial charge in [-0.25, -0.2) is 18.4 Å². The van der Waals surface area contributed by atoms with Crippen molar-refractivity contribution in [2.45, 2.75) is 63.6 Å². The summed E-state index contributed by atoms with van der Waals surface area (Å²) in [5, 5.41) is 11.2. The number of imide groups is 2. The molecule has 0 spiro atoms. The molecule has 5 aromatic rings. The number of carbonyl (C=O) groups is 6. The largest absolute Gasteiger partial charge is 0.444 e. The average molecular weight is 990 g/mol. The lowest BCUT2D eigenvalue weighted by Gasteiger charge is -2.32. The smallest absolute Gasteiger partial charge is 0.389 e. The third kappa shape index (κ3) is 12.4. The highest BCUT2D eigenvalue weighted by Crippen LogP contribution is 2.33. The molecular formula is C48H48F5N9O9. The van der Waals surface area contributed by atoms with Crippen molar-refractivity contribution in [3.8, 4) is 17.1 Å². The van der Waals surface area contributed by atoms with Gasteiger partial charge in [-0.05, 0) is 99.1 Å². The Kier molecular flexibility index (Phi) is 15.7. The predicted octanol–water partition coefficient (Wildman–Crippen LogP) is 5.73. The Morgan fingerprint density at radius 2 is 1.68 bits per heavy atom. The van der Waals surface area contributed by atoms with E-state index >= 15 is 0 Å². The molecule has 374 valence electrons. The molecule has 1 unspecified atom stereocenters. The predicted molar refractivity (Wildman–Crippen MR) is 241 cm³/mol. The number of oxazole rings is 1. The van der Waals surface area contributed by atoms with Crippen molar-refractivity contribution < 1.29 is 64.6 Å². The van der Waals surface area contributed by atoms with Crippen LogP contribution < -0.4 is 16.0 Å². The summed E-state index contributed by atoms with van der Waals surface area (Å²) in [5.74, 6) is -3.15. The maximum atomic E-state index is 14.0. The molecule has 6 heterocycles. The van der Waals surface area contributed by atoms with E-state index in [1.54, 1.807) is 12.1 Å². The van der Waals surface area contributed by atoms with Gasteiger partial charge < -0.3 is 29.4 Å². The molecule has 0 radical (unpaired) electrons. The number of alkyl halides is 5. The molecule has 6 amide bonds. The summed E-state index contributed by atoms with van der Waals surface area (Å²) in [7, 11) is 0. The highest BCUT2D eigenvalue weighted by Gasteiger charge is 2.45. The lowest BCUT2D eigenvalue weighted by molar-refractivity contribution is -0.136. The fourth-order valence-corrected chi connectivity index (χ4v) is 8.59. The van der Waals surface area contributed by atoms with Gasteiger partial charge in [-0.1, -0.05) is 12.1 Å². The topological polar surface area (TPSA) is 220 Å². The van der Waals surface area contributed by atoms with Gasteiger partial charge in [0.15, 0.2) is 11.4 Å². The average Bonchev–Trinajstić information content (AvgIpc) is 4.08. The summed E-state index contributed by atoms with van der Waals surface area (Å²) in [4.78, 5) is 87.9. The van der Waals surface area contributed by atoms with Gasteiger partial charge in [-0.2, -0.15) is 18.3 Å². The second-order valence-electron chi connectivity index (χ2n) is 17.1. The zero-order valence-corrected chi connectivity index (χ0v) is 38.0. The number of anilines is 1. The second-order valence-corrected chi connectivity index (χ2v) is 17.1. The number of nitrogens with zero attached hydrogens (tertiary/aromatic N) is 6. The van der Waals surface area contributed by atoms with Crippen LogP contribution in [0.25, 0.3) is 17.1 Å². The minimum atomic E-state index is -4.37. The summed E-state index contributed by atoms with van der Waals surface area (Å²) < 4.78 is 83.9. The van der Waals surface area contributed by atoms with E-state index in [4.69, 9.17) is 13.9 Å². The van der Waals surface area contributed by atoms with Gasteiger partial charge in [0.2, 0.25) is 17.7 Å². The third-order valence-corrected chi connectivity index (χ3v) is 12.3. The highest BCUT2D eigenvalue weighted by molar-refractivity contribution is 6.24. The van der Waals surface area contributed by atoms with E-state index in [0.29, 0.717) is 43.4 Å². The van der Waals surface area contributed by atoms with Gasteiger partial charge in [-0.15, -0.1) is 0 Å². The first-order valence-corrected chi connectivity index (χ1v) is 22.9. The molecule has 23 heteroatoms. The van der Waals surface area contributed by atoms with E-state index in [0.717, 1.165) is 53.9 Å². The number of hydrogen-bond acceptors (Lipinski definition) is 13. The number of benzene rings is 2. The van der Waals surface area contributed by atoms with Crippen LogP contribution in [0.1, 0.15) is 97.0 Å². The van der Waals surface area contributed by atoms with Gasteiger partial charge in [0.05, 0.1) is 55.1 Å². The molecular weight excluding hydrogens is 942 g/mol. The first-order chi connectivity index (χ1) is 34.1. The first-order valence-electron chi connectivity index (χ1n) is 22.9. The van der Waals surface area contributed by atoms with E-state index < -0.39 is 66.2 Å². The summed E-state index contributed by atoms with van der Waals surface area (Å²) in [6, 6.07) is 12.9. The normalized spacial score (nSPS) is 16.7. The molecule has 1 atom stereocenters. The molecule has 3 N–H and O–H groups in total. The van der Waals surface area contributed by atoms with Crippen molar-refractivity contribution in [3.63, 3.8) is 0 Å². The lowest BCUT2D eigenvalue weighted by atomic mass is 9.87. The van der Waals surface area contributed by atoms with Gasteiger partial charge in [0, 0.05) is 48.9 Å². The quantitative estimate of drug-likeness (QED) is 0.0483. The number of nitrogens with one attached hydrogen (secondary N) is 3. The van der Waals surface area contributed by atoms with Crippen LogP contribution in [-0.4, -0.2) is 130 Å². The second kappa shape index (κ2) is 22.2. The van der Waals surface area contributed by atoms with Crippen molar-refractivity contribution in [3.05, 3.63) is 113 Å². The number of carbonyl (C=O) groups excluding carboxylic acids is 6. The van der Waals surface area contributed by atoms with Crippen LogP contribution in [-0.2, 0) is 31.9 Å². The van der Waals surface area contributed by atoms with Crippen molar-refractivity contribution >= 4 is 41.1 Å². The Morgan fingerprint density at radius 3 is 2.41 bits per heavy atom. The summed E-state index contributed by atoms with van der Waals surface area (Å²) >= 11 is 0. The number of fused-ring (bicyclic) bond motifs is 1. The van der Waals surface area contributed by atoms with Crippen molar-refractivity contribution in [1.29, 1.82) is 0 Å². The van der Waals surface area contributed by atoms with Crippen LogP contribution in [0.15, 0.2) is 77.7 Å². The van der Waals surface area contributed by atoms with E-state index in [1.807, 2.05) is 6.07 Å². The molecule has 2 fully saturated rings.